The van der Waals surface area contributed by atoms with E-state index in [2.05, 4.69) is 12.2 Å². The predicted molar refractivity (Wildman–Crippen MR) is 67.5 cm³/mol. The molecule has 1 atom stereocenters. The Bertz CT molecular complexity index is 335. The highest BCUT2D eigenvalue weighted by Crippen LogP contribution is 2.32. The first kappa shape index (κ1) is 14.1. The average Bonchev–Trinajstić information content (AvgIpc) is 2.36. The van der Waals surface area contributed by atoms with Crippen molar-refractivity contribution in [1.82, 2.24) is 5.32 Å². The molecule has 0 fully saturated rings. The highest BCUT2D eigenvalue weighted by atomic mass is 19.3. The summed E-state index contributed by atoms with van der Waals surface area (Å²) in [7, 11) is 0. The van der Waals surface area contributed by atoms with Gasteiger partial charge in [-0.2, -0.15) is 0 Å². The second kappa shape index (κ2) is 6.10. The van der Waals surface area contributed by atoms with Crippen LogP contribution in [0.2, 0.25) is 0 Å². The lowest BCUT2D eigenvalue weighted by Gasteiger charge is -2.33. The fraction of sp³-hybridized carbons (Fsp3) is 0.571. The van der Waals surface area contributed by atoms with Gasteiger partial charge in [0, 0.05) is 0 Å². The SMILES string of the molecule is CCNC(CC)(c1ccc(CC)cc1)C(F)F. The third-order valence-corrected chi connectivity index (χ3v) is 3.30. The first-order valence-corrected chi connectivity index (χ1v) is 6.23. The number of alkyl halides is 2. The normalized spacial score (nSPS) is 14.9. The van der Waals surface area contributed by atoms with E-state index in [0.717, 1.165) is 6.42 Å². The Morgan fingerprint density at radius 2 is 1.71 bits per heavy atom. The molecular formula is C14H21F2N. The van der Waals surface area contributed by atoms with Crippen molar-refractivity contribution in [3.63, 3.8) is 0 Å². The lowest BCUT2D eigenvalue weighted by Crippen LogP contribution is -2.47. The van der Waals surface area contributed by atoms with E-state index in [0.29, 0.717) is 18.5 Å². The van der Waals surface area contributed by atoms with Crippen LogP contribution in [0.4, 0.5) is 8.78 Å². The topological polar surface area (TPSA) is 12.0 Å². The zero-order valence-electron chi connectivity index (χ0n) is 10.8. The number of benzene rings is 1. The molecule has 0 amide bonds. The third kappa shape index (κ3) is 2.83. The largest absolute Gasteiger partial charge is 0.303 e. The standard InChI is InChI=1S/C14H21F2N/c1-4-11-7-9-12(10-8-11)14(5-2,13(15)16)17-6-3/h7-10,13,17H,4-6H2,1-3H3. The van der Waals surface area contributed by atoms with Gasteiger partial charge in [0.25, 0.3) is 6.43 Å². The molecule has 1 nitrogen and oxygen atoms in total. The fourth-order valence-electron chi connectivity index (χ4n) is 2.14. The molecule has 0 heterocycles. The van der Waals surface area contributed by atoms with Gasteiger partial charge < -0.3 is 5.32 Å². The Kier molecular flexibility index (Phi) is 5.06. The van der Waals surface area contributed by atoms with Crippen molar-refractivity contribution in [2.75, 3.05) is 6.54 Å². The monoisotopic (exact) mass is 241 g/mol. The molecule has 1 unspecified atom stereocenters. The quantitative estimate of drug-likeness (QED) is 0.800. The molecule has 1 aromatic carbocycles. The van der Waals surface area contributed by atoms with E-state index < -0.39 is 12.0 Å². The molecule has 0 radical (unpaired) electrons. The Balaban J connectivity index is 3.11. The molecule has 17 heavy (non-hydrogen) atoms. The lowest BCUT2D eigenvalue weighted by atomic mass is 9.87. The Morgan fingerprint density at radius 3 is 2.06 bits per heavy atom. The van der Waals surface area contributed by atoms with Gasteiger partial charge in [0.15, 0.2) is 0 Å². The number of hydrogen-bond donors (Lipinski definition) is 1. The number of rotatable bonds is 6. The fourth-order valence-corrected chi connectivity index (χ4v) is 2.14. The average molecular weight is 241 g/mol. The van der Waals surface area contributed by atoms with Crippen LogP contribution >= 0.6 is 0 Å². The molecule has 96 valence electrons. The number of aryl methyl sites for hydroxylation is 1. The summed E-state index contributed by atoms with van der Waals surface area (Å²) in [4.78, 5) is 0. The van der Waals surface area contributed by atoms with Crippen LogP contribution in [0.5, 0.6) is 0 Å². The molecule has 0 saturated heterocycles. The number of hydrogen-bond acceptors (Lipinski definition) is 1. The minimum Gasteiger partial charge on any atom is -0.303 e. The van der Waals surface area contributed by atoms with Crippen LogP contribution in [0.3, 0.4) is 0 Å². The maximum atomic E-state index is 13.3. The molecule has 0 saturated carbocycles. The maximum absolute atomic E-state index is 13.3. The van der Waals surface area contributed by atoms with Crippen molar-refractivity contribution in [1.29, 1.82) is 0 Å². The summed E-state index contributed by atoms with van der Waals surface area (Å²) in [6.07, 6.45) is -1.10. The molecular weight excluding hydrogens is 220 g/mol. The third-order valence-electron chi connectivity index (χ3n) is 3.30. The predicted octanol–water partition coefficient (Wildman–Crippen LogP) is 3.73. The Morgan fingerprint density at radius 1 is 1.12 bits per heavy atom. The summed E-state index contributed by atoms with van der Waals surface area (Å²) in [6, 6.07) is 7.49. The van der Waals surface area contributed by atoms with Gasteiger partial charge >= 0.3 is 0 Å². The molecule has 0 aliphatic heterocycles. The number of nitrogens with one attached hydrogen (secondary N) is 1. The first-order valence-electron chi connectivity index (χ1n) is 6.23. The smallest absolute Gasteiger partial charge is 0.260 e. The highest BCUT2D eigenvalue weighted by molar-refractivity contribution is 5.29. The van der Waals surface area contributed by atoms with Crippen LogP contribution in [0.25, 0.3) is 0 Å². The van der Waals surface area contributed by atoms with Crippen LogP contribution in [-0.4, -0.2) is 13.0 Å². The van der Waals surface area contributed by atoms with Gasteiger partial charge in [-0.25, -0.2) is 8.78 Å². The molecule has 0 spiro atoms. The lowest BCUT2D eigenvalue weighted by molar-refractivity contribution is 0.0254. The van der Waals surface area contributed by atoms with Gasteiger partial charge in [0.1, 0.15) is 5.54 Å². The zero-order chi connectivity index (χ0) is 12.9. The molecule has 1 N–H and O–H groups in total. The highest BCUT2D eigenvalue weighted by Gasteiger charge is 2.39. The van der Waals surface area contributed by atoms with E-state index >= 15 is 0 Å². The van der Waals surface area contributed by atoms with E-state index in [1.165, 1.54) is 5.56 Å². The molecule has 0 aliphatic carbocycles. The number of halogens is 2. The van der Waals surface area contributed by atoms with Gasteiger partial charge in [0.2, 0.25) is 0 Å². The van der Waals surface area contributed by atoms with E-state index in [4.69, 9.17) is 0 Å². The van der Waals surface area contributed by atoms with Gasteiger partial charge in [-0.15, -0.1) is 0 Å². The summed E-state index contributed by atoms with van der Waals surface area (Å²) in [6.45, 7) is 6.24. The minimum atomic E-state index is -2.40. The van der Waals surface area contributed by atoms with Crippen LogP contribution < -0.4 is 5.32 Å². The van der Waals surface area contributed by atoms with Crippen molar-refractivity contribution in [3.8, 4) is 0 Å². The first-order chi connectivity index (χ1) is 8.10. The maximum Gasteiger partial charge on any atom is 0.260 e. The summed E-state index contributed by atoms with van der Waals surface area (Å²) in [5, 5.41) is 2.95. The molecule has 3 heteroatoms. The van der Waals surface area contributed by atoms with E-state index in [1.54, 1.807) is 6.92 Å². The van der Waals surface area contributed by atoms with E-state index in [1.807, 2.05) is 31.2 Å². The second-order valence-electron chi connectivity index (χ2n) is 4.21. The summed E-state index contributed by atoms with van der Waals surface area (Å²) >= 11 is 0. The Hall–Kier alpha value is -0.960. The van der Waals surface area contributed by atoms with Crippen LogP contribution in [0.15, 0.2) is 24.3 Å². The summed E-state index contributed by atoms with van der Waals surface area (Å²) < 4.78 is 26.7. The van der Waals surface area contributed by atoms with Crippen molar-refractivity contribution in [2.45, 2.75) is 45.6 Å². The summed E-state index contributed by atoms with van der Waals surface area (Å²) in [5.41, 5.74) is 0.639. The van der Waals surface area contributed by atoms with Crippen molar-refractivity contribution < 1.29 is 8.78 Å². The van der Waals surface area contributed by atoms with Gasteiger partial charge in [-0.05, 0) is 30.5 Å². The summed E-state index contributed by atoms with van der Waals surface area (Å²) in [5.74, 6) is 0. The molecule has 0 aromatic heterocycles. The molecule has 1 rings (SSSR count). The van der Waals surface area contributed by atoms with Gasteiger partial charge in [-0.3, -0.25) is 0 Å². The van der Waals surface area contributed by atoms with Crippen molar-refractivity contribution in [2.24, 2.45) is 0 Å². The van der Waals surface area contributed by atoms with E-state index in [-0.39, 0.29) is 0 Å². The minimum absolute atomic E-state index is 0.379. The Labute approximate surface area is 102 Å². The van der Waals surface area contributed by atoms with Gasteiger partial charge in [0.05, 0.1) is 0 Å². The van der Waals surface area contributed by atoms with Crippen LogP contribution in [0.1, 0.15) is 38.3 Å². The van der Waals surface area contributed by atoms with E-state index in [9.17, 15) is 8.78 Å². The van der Waals surface area contributed by atoms with Gasteiger partial charge in [-0.1, -0.05) is 45.0 Å². The van der Waals surface area contributed by atoms with Crippen LogP contribution in [0, 0.1) is 0 Å². The second-order valence-corrected chi connectivity index (χ2v) is 4.21. The van der Waals surface area contributed by atoms with Crippen molar-refractivity contribution >= 4 is 0 Å². The zero-order valence-corrected chi connectivity index (χ0v) is 10.8. The van der Waals surface area contributed by atoms with Crippen LogP contribution in [-0.2, 0) is 12.0 Å². The van der Waals surface area contributed by atoms with Crippen molar-refractivity contribution in [3.05, 3.63) is 35.4 Å². The molecule has 1 aromatic rings. The molecule has 0 bridgehead atoms. The molecule has 0 aliphatic rings.